The van der Waals surface area contributed by atoms with Crippen LogP contribution in [0.1, 0.15) is 5.82 Å². The predicted molar refractivity (Wildman–Crippen MR) is 80.6 cm³/mol. The third-order valence-corrected chi connectivity index (χ3v) is 3.38. The summed E-state index contributed by atoms with van der Waals surface area (Å²) in [6.07, 6.45) is 0. The highest BCUT2D eigenvalue weighted by molar-refractivity contribution is 5.91. The van der Waals surface area contributed by atoms with Gasteiger partial charge < -0.3 is 15.0 Å². The summed E-state index contributed by atoms with van der Waals surface area (Å²) < 4.78 is 28.2. The maximum Gasteiger partial charge on any atom is 0.244 e. The summed E-state index contributed by atoms with van der Waals surface area (Å²) in [6, 6.07) is 9.92. The lowest BCUT2D eigenvalue weighted by Crippen LogP contribution is -2.21. The van der Waals surface area contributed by atoms with Crippen LogP contribution in [0.5, 0.6) is 0 Å². The molecular weight excluding hydrogens is 304 g/mol. The number of para-hydroxylation sites is 2. The lowest BCUT2D eigenvalue weighted by atomic mass is 10.3. The topological polar surface area (TPSA) is 67.2 Å². The minimum Gasteiger partial charge on any atom is -0.388 e. The number of carbonyl (C=O) groups excluding carboxylic acids is 1. The van der Waals surface area contributed by atoms with Crippen molar-refractivity contribution in [2.45, 2.75) is 13.2 Å². The summed E-state index contributed by atoms with van der Waals surface area (Å²) >= 11 is 0. The van der Waals surface area contributed by atoms with Gasteiger partial charge in [-0.25, -0.2) is 13.8 Å². The lowest BCUT2D eigenvalue weighted by Gasteiger charge is -2.09. The number of halogens is 2. The van der Waals surface area contributed by atoms with E-state index >= 15 is 0 Å². The fraction of sp³-hybridized carbons (Fsp3) is 0.125. The van der Waals surface area contributed by atoms with Crippen LogP contribution in [0.3, 0.4) is 0 Å². The number of aromatic nitrogens is 2. The number of nitrogens with zero attached hydrogens (tertiary/aromatic N) is 2. The third-order valence-electron chi connectivity index (χ3n) is 3.38. The highest BCUT2D eigenvalue weighted by Crippen LogP contribution is 2.18. The molecule has 23 heavy (non-hydrogen) atoms. The van der Waals surface area contributed by atoms with Crippen molar-refractivity contribution in [1.29, 1.82) is 0 Å². The molecule has 0 fully saturated rings. The van der Waals surface area contributed by atoms with Crippen molar-refractivity contribution in [1.82, 2.24) is 9.55 Å². The van der Waals surface area contributed by atoms with Crippen molar-refractivity contribution in [2.24, 2.45) is 0 Å². The van der Waals surface area contributed by atoms with E-state index in [2.05, 4.69) is 10.3 Å². The summed E-state index contributed by atoms with van der Waals surface area (Å²) in [6.45, 7) is -0.511. The SMILES string of the molecule is O=C(Cn1c(CO)nc2ccccc21)Nc1cc(F)ccc1F. The molecule has 0 unspecified atom stereocenters. The summed E-state index contributed by atoms with van der Waals surface area (Å²) in [7, 11) is 0. The van der Waals surface area contributed by atoms with Crippen LogP contribution in [0.4, 0.5) is 14.5 Å². The normalized spacial score (nSPS) is 10.9. The Morgan fingerprint density at radius 2 is 2.00 bits per heavy atom. The van der Waals surface area contributed by atoms with Gasteiger partial charge in [0.05, 0.1) is 16.7 Å². The molecule has 118 valence electrons. The Morgan fingerprint density at radius 1 is 1.22 bits per heavy atom. The van der Waals surface area contributed by atoms with Gasteiger partial charge in [0, 0.05) is 6.07 Å². The van der Waals surface area contributed by atoms with Crippen LogP contribution < -0.4 is 5.32 Å². The molecule has 0 aliphatic carbocycles. The number of amides is 1. The number of nitrogens with one attached hydrogen (secondary N) is 1. The molecule has 5 nitrogen and oxygen atoms in total. The Bertz CT molecular complexity index is 877. The smallest absolute Gasteiger partial charge is 0.244 e. The van der Waals surface area contributed by atoms with E-state index in [1.165, 1.54) is 4.57 Å². The first-order valence-electron chi connectivity index (χ1n) is 6.88. The van der Waals surface area contributed by atoms with Crippen LogP contribution in [0.15, 0.2) is 42.5 Å². The molecule has 2 aromatic carbocycles. The number of hydrogen-bond acceptors (Lipinski definition) is 3. The molecule has 1 heterocycles. The van der Waals surface area contributed by atoms with E-state index in [0.717, 1.165) is 18.2 Å². The van der Waals surface area contributed by atoms with Crippen molar-refractivity contribution >= 4 is 22.6 Å². The zero-order valence-electron chi connectivity index (χ0n) is 12.0. The quantitative estimate of drug-likeness (QED) is 0.777. The van der Waals surface area contributed by atoms with Gasteiger partial charge in [0.1, 0.15) is 30.6 Å². The summed E-state index contributed by atoms with van der Waals surface area (Å²) in [4.78, 5) is 16.3. The summed E-state index contributed by atoms with van der Waals surface area (Å²) in [5, 5.41) is 11.7. The summed E-state index contributed by atoms with van der Waals surface area (Å²) in [5.41, 5.74) is 1.08. The molecule has 0 radical (unpaired) electrons. The minimum absolute atomic E-state index is 0.174. The number of benzene rings is 2. The first kappa shape index (κ1) is 15.1. The number of fused-ring (bicyclic) bond motifs is 1. The summed E-state index contributed by atoms with van der Waals surface area (Å²) in [5.74, 6) is -1.60. The zero-order chi connectivity index (χ0) is 16.4. The first-order valence-corrected chi connectivity index (χ1v) is 6.88. The third kappa shape index (κ3) is 3.04. The molecule has 0 saturated heterocycles. The second-order valence-electron chi connectivity index (χ2n) is 4.93. The number of aliphatic hydroxyl groups is 1. The lowest BCUT2D eigenvalue weighted by molar-refractivity contribution is -0.116. The second-order valence-corrected chi connectivity index (χ2v) is 4.93. The van der Waals surface area contributed by atoms with Crippen LogP contribution >= 0.6 is 0 Å². The van der Waals surface area contributed by atoms with E-state index in [4.69, 9.17) is 0 Å². The number of rotatable bonds is 4. The molecule has 3 rings (SSSR count). The second kappa shape index (κ2) is 6.13. The largest absolute Gasteiger partial charge is 0.388 e. The maximum absolute atomic E-state index is 13.6. The molecule has 1 aromatic heterocycles. The minimum atomic E-state index is -0.724. The highest BCUT2D eigenvalue weighted by atomic mass is 19.1. The Kier molecular flexibility index (Phi) is 4.03. The molecule has 2 N–H and O–H groups in total. The van der Waals surface area contributed by atoms with Crippen LogP contribution in [0, 0.1) is 11.6 Å². The fourth-order valence-corrected chi connectivity index (χ4v) is 2.35. The van der Waals surface area contributed by atoms with Gasteiger partial charge in [0.15, 0.2) is 0 Å². The van der Waals surface area contributed by atoms with Crippen LogP contribution in [-0.2, 0) is 17.9 Å². The molecule has 7 heteroatoms. The van der Waals surface area contributed by atoms with E-state index < -0.39 is 17.5 Å². The van der Waals surface area contributed by atoms with Gasteiger partial charge >= 0.3 is 0 Å². The molecule has 1 amide bonds. The monoisotopic (exact) mass is 317 g/mol. The molecule has 0 aliphatic rings. The Balaban J connectivity index is 1.87. The highest BCUT2D eigenvalue weighted by Gasteiger charge is 2.14. The Hall–Kier alpha value is -2.80. The fourth-order valence-electron chi connectivity index (χ4n) is 2.35. The van der Waals surface area contributed by atoms with Crippen LogP contribution in [0.25, 0.3) is 11.0 Å². The molecular formula is C16H13F2N3O2. The molecule has 0 saturated carbocycles. The number of aliphatic hydroxyl groups excluding tert-OH is 1. The van der Waals surface area contributed by atoms with E-state index in [1.54, 1.807) is 24.3 Å². The van der Waals surface area contributed by atoms with Gasteiger partial charge in [-0.3, -0.25) is 4.79 Å². The zero-order valence-corrected chi connectivity index (χ0v) is 12.0. The number of anilines is 1. The average molecular weight is 317 g/mol. The van der Waals surface area contributed by atoms with Crippen molar-refractivity contribution in [3.8, 4) is 0 Å². The number of carbonyl (C=O) groups is 1. The maximum atomic E-state index is 13.6. The van der Waals surface area contributed by atoms with Gasteiger partial charge in [-0.05, 0) is 24.3 Å². The molecule has 0 bridgehead atoms. The number of hydrogen-bond donors (Lipinski definition) is 2. The van der Waals surface area contributed by atoms with Gasteiger partial charge in [-0.1, -0.05) is 12.1 Å². The Labute approximate surface area is 130 Å². The van der Waals surface area contributed by atoms with Gasteiger partial charge in [0.25, 0.3) is 0 Å². The van der Waals surface area contributed by atoms with Crippen LogP contribution in [-0.4, -0.2) is 20.6 Å². The van der Waals surface area contributed by atoms with E-state index in [1.807, 2.05) is 0 Å². The van der Waals surface area contributed by atoms with E-state index in [0.29, 0.717) is 16.9 Å². The predicted octanol–water partition coefficient (Wildman–Crippen LogP) is 2.45. The van der Waals surface area contributed by atoms with Gasteiger partial charge in [0.2, 0.25) is 5.91 Å². The molecule has 0 spiro atoms. The molecule has 3 aromatic rings. The molecule has 0 aliphatic heterocycles. The molecule has 0 atom stereocenters. The van der Waals surface area contributed by atoms with Gasteiger partial charge in [-0.15, -0.1) is 0 Å². The van der Waals surface area contributed by atoms with Gasteiger partial charge in [-0.2, -0.15) is 0 Å². The van der Waals surface area contributed by atoms with E-state index in [-0.39, 0.29) is 18.8 Å². The van der Waals surface area contributed by atoms with Crippen LogP contribution in [0.2, 0.25) is 0 Å². The standard InChI is InChI=1S/C16H13F2N3O2/c17-10-5-6-11(18)13(7-10)20-16(23)8-21-14-4-2-1-3-12(14)19-15(21)9-22/h1-7,22H,8-9H2,(H,20,23). The number of imidazole rings is 1. The van der Waals surface area contributed by atoms with Crippen molar-refractivity contribution in [2.75, 3.05) is 5.32 Å². The Morgan fingerprint density at radius 3 is 2.78 bits per heavy atom. The first-order chi connectivity index (χ1) is 11.1. The van der Waals surface area contributed by atoms with Crippen molar-refractivity contribution < 1.29 is 18.7 Å². The average Bonchev–Trinajstić information content (AvgIpc) is 2.89. The van der Waals surface area contributed by atoms with Crippen molar-refractivity contribution in [3.63, 3.8) is 0 Å². The van der Waals surface area contributed by atoms with Crippen molar-refractivity contribution in [3.05, 3.63) is 59.9 Å². The van der Waals surface area contributed by atoms with E-state index in [9.17, 15) is 18.7 Å².